The van der Waals surface area contributed by atoms with Crippen LogP contribution in [0.2, 0.25) is 0 Å². The van der Waals surface area contributed by atoms with Crippen LogP contribution in [0.15, 0.2) is 0 Å². The number of hydrogen-bond acceptors (Lipinski definition) is 15. The third kappa shape index (κ3) is 7.58. The normalized spacial score (nSPS) is 35.9. The first-order valence-corrected chi connectivity index (χ1v) is 11.1. The Labute approximate surface area is 210 Å². The lowest BCUT2D eigenvalue weighted by Crippen LogP contribution is -2.68. The monoisotopic (exact) mass is 539 g/mol. The Bertz CT molecular complexity index is 791. The molecule has 10 N–H and O–H groups in total. The molecule has 0 spiro atoms. The molecule has 0 saturated carbocycles. The second kappa shape index (κ2) is 14.5. The van der Waals surface area contributed by atoms with Crippen LogP contribution in [0.5, 0.6) is 0 Å². The SMILES string of the molecule is COC1OC(CO)C(O)C(OC2OC(C(=O)NNC(=O)CC(=O)NN)C(OC)C(O)C2O)C1NCC=O. The van der Waals surface area contributed by atoms with Crippen molar-refractivity contribution in [2.75, 3.05) is 27.4 Å². The number of carbonyl (C=O) groups is 4. The van der Waals surface area contributed by atoms with Crippen LogP contribution in [0.25, 0.3) is 0 Å². The molecule has 2 heterocycles. The molecular formula is C19H33N5O13. The Balaban J connectivity index is 2.22. The maximum atomic E-state index is 12.7. The molecule has 18 heteroatoms. The highest BCUT2D eigenvalue weighted by Gasteiger charge is 2.52. The molecule has 3 amide bonds. The van der Waals surface area contributed by atoms with E-state index in [9.17, 15) is 39.6 Å². The van der Waals surface area contributed by atoms with Crippen LogP contribution in [0.3, 0.4) is 0 Å². The summed E-state index contributed by atoms with van der Waals surface area (Å²) >= 11 is 0. The summed E-state index contributed by atoms with van der Waals surface area (Å²) in [5.74, 6) is 2.10. The van der Waals surface area contributed by atoms with Crippen LogP contribution in [0.4, 0.5) is 0 Å². The van der Waals surface area contributed by atoms with Gasteiger partial charge < -0.3 is 54.2 Å². The molecule has 212 valence electrons. The number of carbonyl (C=O) groups excluding carboxylic acids is 4. The number of ether oxygens (including phenoxy) is 5. The van der Waals surface area contributed by atoms with Crippen LogP contribution in [-0.4, -0.2) is 133 Å². The molecule has 2 saturated heterocycles. The van der Waals surface area contributed by atoms with Gasteiger partial charge in [-0.2, -0.15) is 0 Å². The summed E-state index contributed by atoms with van der Waals surface area (Å²) in [6.45, 7) is -0.851. The molecular weight excluding hydrogens is 506 g/mol. The Hall–Kier alpha value is -2.36. The van der Waals surface area contributed by atoms with Crippen molar-refractivity contribution in [2.24, 2.45) is 5.84 Å². The third-order valence-electron chi connectivity index (χ3n) is 5.70. The summed E-state index contributed by atoms with van der Waals surface area (Å²) in [6.07, 6.45) is -13.8. The minimum atomic E-state index is -1.80. The van der Waals surface area contributed by atoms with Crippen molar-refractivity contribution in [3.05, 3.63) is 0 Å². The van der Waals surface area contributed by atoms with Gasteiger partial charge in [-0.1, -0.05) is 0 Å². The molecule has 0 bridgehead atoms. The molecule has 0 aromatic heterocycles. The zero-order valence-electron chi connectivity index (χ0n) is 20.0. The number of aldehydes is 1. The van der Waals surface area contributed by atoms with Gasteiger partial charge in [-0.15, -0.1) is 0 Å². The maximum Gasteiger partial charge on any atom is 0.270 e. The number of methoxy groups -OCH3 is 2. The van der Waals surface area contributed by atoms with Gasteiger partial charge in [0.25, 0.3) is 5.91 Å². The summed E-state index contributed by atoms with van der Waals surface area (Å²) in [5.41, 5.74) is 5.69. The minimum absolute atomic E-state index is 0.209. The van der Waals surface area contributed by atoms with E-state index in [0.29, 0.717) is 6.29 Å². The second-order valence-corrected chi connectivity index (χ2v) is 8.04. The molecule has 2 aliphatic heterocycles. The molecule has 0 aromatic rings. The van der Waals surface area contributed by atoms with E-state index in [2.05, 4.69) is 5.32 Å². The predicted octanol–water partition coefficient (Wildman–Crippen LogP) is -6.76. The van der Waals surface area contributed by atoms with Gasteiger partial charge in [0.1, 0.15) is 49.3 Å². The van der Waals surface area contributed by atoms with Crippen LogP contribution in [-0.2, 0) is 42.9 Å². The molecule has 18 nitrogen and oxygen atoms in total. The number of aliphatic hydroxyl groups excluding tert-OH is 4. The first kappa shape index (κ1) is 30.9. The van der Waals surface area contributed by atoms with E-state index in [1.807, 2.05) is 10.9 Å². The summed E-state index contributed by atoms with van der Waals surface area (Å²) in [6, 6.07) is -1.03. The van der Waals surface area contributed by atoms with Crippen LogP contribution >= 0.6 is 0 Å². The van der Waals surface area contributed by atoms with Gasteiger partial charge in [-0.3, -0.25) is 30.7 Å². The van der Waals surface area contributed by atoms with Crippen molar-refractivity contribution >= 4 is 24.0 Å². The van der Waals surface area contributed by atoms with E-state index in [-0.39, 0.29) is 6.54 Å². The predicted molar refractivity (Wildman–Crippen MR) is 116 cm³/mol. The summed E-state index contributed by atoms with van der Waals surface area (Å²) in [4.78, 5) is 46.5. The average Bonchev–Trinajstić information content (AvgIpc) is 2.89. The van der Waals surface area contributed by atoms with Crippen LogP contribution in [0, 0.1) is 0 Å². The van der Waals surface area contributed by atoms with Crippen molar-refractivity contribution in [3.63, 3.8) is 0 Å². The number of nitrogens with one attached hydrogen (secondary N) is 4. The molecule has 0 aromatic carbocycles. The van der Waals surface area contributed by atoms with E-state index >= 15 is 0 Å². The van der Waals surface area contributed by atoms with E-state index in [4.69, 9.17) is 29.5 Å². The average molecular weight is 539 g/mol. The minimum Gasteiger partial charge on any atom is -0.394 e. The standard InChI is InChI=1S/C19H33N5O13/c1-33-15-12(30)13(31)19(37-16(15)17(32)24-23-9(28)5-8(27)22-20)36-14-10(21-3-4-25)18(34-2)35-7(6-26)11(14)29/h4,7,10-16,18-19,21,26,29-31H,3,5-6,20H2,1-2H3,(H,22,27)(H,23,28)(H,24,32). The highest BCUT2D eigenvalue weighted by molar-refractivity contribution is 5.97. The first-order valence-electron chi connectivity index (χ1n) is 11.1. The summed E-state index contributed by atoms with van der Waals surface area (Å²) < 4.78 is 27.0. The lowest BCUT2D eigenvalue weighted by molar-refractivity contribution is -0.338. The third-order valence-corrected chi connectivity index (χ3v) is 5.70. The number of nitrogens with two attached hydrogens (primary N) is 1. The van der Waals surface area contributed by atoms with Crippen molar-refractivity contribution in [3.8, 4) is 0 Å². The van der Waals surface area contributed by atoms with E-state index in [0.717, 1.165) is 7.11 Å². The van der Waals surface area contributed by atoms with Gasteiger partial charge in [0.15, 0.2) is 18.7 Å². The van der Waals surface area contributed by atoms with E-state index < -0.39 is 92.1 Å². The topological polar surface area (TPSA) is 269 Å². The van der Waals surface area contributed by atoms with E-state index in [1.54, 1.807) is 5.43 Å². The number of aliphatic hydroxyl groups is 4. The zero-order valence-corrected chi connectivity index (χ0v) is 20.0. The lowest BCUT2D eigenvalue weighted by Gasteiger charge is -2.47. The molecule has 2 rings (SSSR count). The smallest absolute Gasteiger partial charge is 0.270 e. The maximum absolute atomic E-state index is 12.7. The second-order valence-electron chi connectivity index (χ2n) is 8.04. The van der Waals surface area contributed by atoms with Crippen molar-refractivity contribution in [2.45, 2.75) is 67.8 Å². The van der Waals surface area contributed by atoms with Gasteiger partial charge in [-0.25, -0.2) is 5.84 Å². The number of hydrogen-bond donors (Lipinski definition) is 9. The number of rotatable bonds is 11. The van der Waals surface area contributed by atoms with E-state index in [1.165, 1.54) is 7.11 Å². The number of hydrazine groups is 2. The van der Waals surface area contributed by atoms with Gasteiger partial charge >= 0.3 is 0 Å². The largest absolute Gasteiger partial charge is 0.394 e. The van der Waals surface area contributed by atoms with Gasteiger partial charge in [0.05, 0.1) is 19.2 Å². The lowest BCUT2D eigenvalue weighted by atomic mass is 9.95. The quantitative estimate of drug-likeness (QED) is 0.0388. The molecule has 10 unspecified atom stereocenters. The highest BCUT2D eigenvalue weighted by atomic mass is 16.7. The number of amides is 3. The Morgan fingerprint density at radius 2 is 1.65 bits per heavy atom. The fourth-order valence-corrected chi connectivity index (χ4v) is 3.85. The Morgan fingerprint density at radius 1 is 0.946 bits per heavy atom. The molecule has 2 fully saturated rings. The Morgan fingerprint density at radius 3 is 2.22 bits per heavy atom. The molecule has 0 radical (unpaired) electrons. The highest BCUT2D eigenvalue weighted by Crippen LogP contribution is 2.30. The fourth-order valence-electron chi connectivity index (χ4n) is 3.85. The van der Waals surface area contributed by atoms with Crippen molar-refractivity contribution in [1.29, 1.82) is 0 Å². The van der Waals surface area contributed by atoms with Gasteiger partial charge in [0, 0.05) is 14.2 Å². The van der Waals surface area contributed by atoms with Gasteiger partial charge in [0.2, 0.25) is 11.8 Å². The molecule has 0 aliphatic carbocycles. The van der Waals surface area contributed by atoms with Gasteiger partial charge in [-0.05, 0) is 0 Å². The van der Waals surface area contributed by atoms with Crippen molar-refractivity contribution < 1.29 is 63.3 Å². The van der Waals surface area contributed by atoms with Crippen LogP contribution in [0.1, 0.15) is 6.42 Å². The zero-order chi connectivity index (χ0) is 27.7. The summed E-state index contributed by atoms with van der Waals surface area (Å²) in [5, 5.41) is 44.2. The van der Waals surface area contributed by atoms with Crippen molar-refractivity contribution in [1.82, 2.24) is 21.6 Å². The summed E-state index contributed by atoms with van der Waals surface area (Å²) in [7, 11) is 2.40. The first-order chi connectivity index (χ1) is 17.6. The molecule has 37 heavy (non-hydrogen) atoms. The molecule has 10 atom stereocenters. The Kier molecular flexibility index (Phi) is 12.1. The fraction of sp³-hybridized carbons (Fsp3) is 0.789. The van der Waals surface area contributed by atoms with Crippen LogP contribution < -0.4 is 27.4 Å². The molecule has 2 aliphatic rings.